The summed E-state index contributed by atoms with van der Waals surface area (Å²) in [5.41, 5.74) is -0.416. The minimum Gasteiger partial charge on any atom is -0.462 e. The number of fused-ring (bicyclic) bond motifs is 22. The van der Waals surface area contributed by atoms with E-state index in [-0.39, 0.29) is 97.1 Å². The van der Waals surface area contributed by atoms with E-state index in [4.69, 9.17) is 28.4 Å². The number of ether oxygens (including phenoxy) is 6. The fourth-order valence-electron chi connectivity index (χ4n) is 18.1. The standard InChI is InChI=1S/C27H40O5.C26H38O5.4CH4/c1-4-27(2,3)26(29)32-22-12-17-11-20(22)24-18-9-16(23(17)24)10-19(18)25(28)31-13-30-21-8-14-5-6-15(21)7-14;1-3-13(2)25(27)31-22-11-17-10-20(22)24-18-8-16(23(17)24)9-19(18)26(28)30-12-29-21-7-14-4-5-15(21)6-14;;;;/h14-24H,4-13H2,1-3H3;13-24H,3-12H2,1-2H3;4*1H4. The van der Waals surface area contributed by atoms with Crippen LogP contribution in [0.25, 0.3) is 0 Å². The molecule has 0 heterocycles. The Hall–Kier alpha value is -2.20. The molecule has 0 radical (unpaired) electrons. The Kier molecular flexibility index (Phi) is 16.1. The van der Waals surface area contributed by atoms with Crippen molar-refractivity contribution in [3.63, 3.8) is 0 Å². The highest BCUT2D eigenvalue weighted by Gasteiger charge is 2.68. The highest BCUT2D eigenvalue weighted by molar-refractivity contribution is 5.76. The van der Waals surface area contributed by atoms with Crippen LogP contribution in [-0.4, -0.2) is 61.9 Å². The SMILES string of the molecule is C.C.C.C.CCC(C)(C)C(=O)OC1CC2CC1C1C3CC(CC3C(=O)OCOC3CC4CCC3C4)C21.CCC(C)C(=O)OC1CC2CC1C1C3CC(CC3C(=O)OCOC3CC4CCC3C4)C21. The van der Waals surface area contributed by atoms with Crippen LogP contribution in [0.4, 0.5) is 0 Å². The topological polar surface area (TPSA) is 124 Å². The van der Waals surface area contributed by atoms with E-state index in [0.29, 0.717) is 83.2 Å². The molecular weight excluding hydrogens is 845 g/mol. The van der Waals surface area contributed by atoms with Gasteiger partial charge in [0.2, 0.25) is 0 Å². The lowest BCUT2D eigenvalue weighted by atomic mass is 9.66. The van der Waals surface area contributed by atoms with E-state index >= 15 is 0 Å². The summed E-state index contributed by atoms with van der Waals surface area (Å²) < 4.78 is 35.4. The van der Waals surface area contributed by atoms with E-state index in [2.05, 4.69) is 0 Å². The van der Waals surface area contributed by atoms with Crippen LogP contribution in [0.15, 0.2) is 0 Å². The number of rotatable bonds is 14. The van der Waals surface area contributed by atoms with Crippen LogP contribution in [0.3, 0.4) is 0 Å². The summed E-state index contributed by atoms with van der Waals surface area (Å²) in [6, 6.07) is 0. The number of carbonyl (C=O) groups is 4. The molecule has 0 aliphatic heterocycles. The molecule has 12 fully saturated rings. The molecule has 0 aromatic rings. The first-order valence-electron chi connectivity index (χ1n) is 26.4. The Bertz CT molecular complexity index is 1760. The molecule has 0 saturated heterocycles. The minimum atomic E-state index is -0.416. The Balaban J connectivity index is 0.000000188. The molecule has 12 saturated carbocycles. The van der Waals surface area contributed by atoms with Crippen LogP contribution < -0.4 is 0 Å². The fourth-order valence-corrected chi connectivity index (χ4v) is 18.1. The molecule has 382 valence electrons. The maximum absolute atomic E-state index is 13.0. The highest BCUT2D eigenvalue weighted by Crippen LogP contribution is 2.71. The average Bonchev–Trinajstić information content (AvgIpc) is 4.11. The van der Waals surface area contributed by atoms with Gasteiger partial charge in [0, 0.05) is 0 Å². The molecule has 0 spiro atoms. The fraction of sp³-hybridized carbons (Fsp3) is 0.930. The summed E-state index contributed by atoms with van der Waals surface area (Å²) in [6.07, 6.45) is 21.3. The van der Waals surface area contributed by atoms with Crippen molar-refractivity contribution in [3.8, 4) is 0 Å². The van der Waals surface area contributed by atoms with Crippen molar-refractivity contribution in [2.45, 2.75) is 204 Å². The lowest BCUT2D eigenvalue weighted by molar-refractivity contribution is -0.174. The Morgan fingerprint density at radius 2 is 0.925 bits per heavy atom. The molecule has 0 N–H and O–H groups in total. The predicted octanol–water partition coefficient (Wildman–Crippen LogP) is 12.1. The Morgan fingerprint density at radius 3 is 1.33 bits per heavy atom. The first kappa shape index (κ1) is 52.6. The zero-order chi connectivity index (χ0) is 43.5. The summed E-state index contributed by atoms with van der Waals surface area (Å²) in [7, 11) is 0. The summed E-state index contributed by atoms with van der Waals surface area (Å²) in [5, 5.41) is 0. The summed E-state index contributed by atoms with van der Waals surface area (Å²) in [4.78, 5) is 51.1. The van der Waals surface area contributed by atoms with Gasteiger partial charge in [0.05, 0.1) is 35.4 Å². The smallest absolute Gasteiger partial charge is 0.311 e. The second-order valence-electron chi connectivity index (χ2n) is 24.5. The number of esters is 4. The number of carbonyl (C=O) groups excluding carboxylic acids is 4. The highest BCUT2D eigenvalue weighted by atomic mass is 16.7. The number of hydrogen-bond acceptors (Lipinski definition) is 10. The van der Waals surface area contributed by atoms with Gasteiger partial charge >= 0.3 is 23.9 Å². The molecule has 10 heteroatoms. The zero-order valence-corrected chi connectivity index (χ0v) is 39.0. The molecule has 23 atom stereocenters. The van der Waals surface area contributed by atoms with Crippen molar-refractivity contribution in [3.05, 3.63) is 0 Å². The van der Waals surface area contributed by atoms with Crippen molar-refractivity contribution in [1.82, 2.24) is 0 Å². The maximum atomic E-state index is 13.0. The summed E-state index contributed by atoms with van der Waals surface area (Å²) in [6.45, 7) is 10.3. The van der Waals surface area contributed by atoms with Gasteiger partial charge in [0.25, 0.3) is 0 Å². The second-order valence-corrected chi connectivity index (χ2v) is 24.5. The van der Waals surface area contributed by atoms with Crippen LogP contribution >= 0.6 is 0 Å². The van der Waals surface area contributed by atoms with Crippen molar-refractivity contribution in [1.29, 1.82) is 0 Å². The molecular formula is C57H94O10. The largest absolute Gasteiger partial charge is 0.462 e. The lowest BCUT2D eigenvalue weighted by Gasteiger charge is -2.41. The third-order valence-electron chi connectivity index (χ3n) is 21.4. The molecule has 0 aromatic heterocycles. The van der Waals surface area contributed by atoms with Crippen molar-refractivity contribution >= 4 is 23.9 Å². The van der Waals surface area contributed by atoms with E-state index in [1.165, 1.54) is 57.8 Å². The molecule has 12 aliphatic carbocycles. The van der Waals surface area contributed by atoms with Crippen LogP contribution in [0.5, 0.6) is 0 Å². The predicted molar refractivity (Wildman–Crippen MR) is 259 cm³/mol. The average molecular weight is 939 g/mol. The van der Waals surface area contributed by atoms with Crippen LogP contribution in [0, 0.1) is 118 Å². The van der Waals surface area contributed by atoms with Crippen molar-refractivity contribution in [2.24, 2.45) is 118 Å². The molecule has 67 heavy (non-hydrogen) atoms. The third-order valence-corrected chi connectivity index (χ3v) is 21.4. The Labute approximate surface area is 405 Å². The maximum Gasteiger partial charge on any atom is 0.311 e. The van der Waals surface area contributed by atoms with E-state index in [9.17, 15) is 19.2 Å². The lowest BCUT2D eigenvalue weighted by Crippen LogP contribution is -2.43. The normalized spacial score (nSPS) is 45.7. The molecule has 12 rings (SSSR count). The van der Waals surface area contributed by atoms with Gasteiger partial charge in [-0.25, -0.2) is 0 Å². The van der Waals surface area contributed by atoms with Gasteiger partial charge in [-0.05, 0) is 224 Å². The van der Waals surface area contributed by atoms with Gasteiger partial charge < -0.3 is 28.4 Å². The van der Waals surface area contributed by atoms with Gasteiger partial charge in [-0.3, -0.25) is 19.2 Å². The molecule has 0 aromatic carbocycles. The van der Waals surface area contributed by atoms with E-state index in [0.717, 1.165) is 81.5 Å². The molecule has 10 nitrogen and oxygen atoms in total. The third kappa shape index (κ3) is 9.19. The van der Waals surface area contributed by atoms with Gasteiger partial charge in [-0.15, -0.1) is 0 Å². The summed E-state index contributed by atoms with van der Waals surface area (Å²) in [5.74, 6) is 9.95. The number of hydrogen-bond donors (Lipinski definition) is 0. The monoisotopic (exact) mass is 939 g/mol. The quantitative estimate of drug-likeness (QED) is 0.0719. The molecule has 12 aliphatic rings. The van der Waals surface area contributed by atoms with Crippen LogP contribution in [-0.2, 0) is 47.6 Å². The minimum absolute atomic E-state index is 0. The Morgan fingerprint density at radius 1 is 0.493 bits per heavy atom. The van der Waals surface area contributed by atoms with Crippen LogP contribution in [0.2, 0.25) is 0 Å². The first-order chi connectivity index (χ1) is 30.4. The van der Waals surface area contributed by atoms with Crippen molar-refractivity contribution in [2.75, 3.05) is 13.6 Å². The first-order valence-corrected chi connectivity index (χ1v) is 26.4. The summed E-state index contributed by atoms with van der Waals surface area (Å²) >= 11 is 0. The second kappa shape index (κ2) is 20.5. The molecule has 12 bridgehead atoms. The molecule has 0 amide bonds. The van der Waals surface area contributed by atoms with E-state index in [1.54, 1.807) is 0 Å². The van der Waals surface area contributed by atoms with Crippen molar-refractivity contribution < 1.29 is 47.6 Å². The van der Waals surface area contributed by atoms with Crippen LogP contribution in [0.1, 0.15) is 180 Å². The van der Waals surface area contributed by atoms with Gasteiger partial charge in [-0.2, -0.15) is 0 Å². The van der Waals surface area contributed by atoms with E-state index in [1.807, 2.05) is 34.6 Å². The van der Waals surface area contributed by atoms with Gasteiger partial charge in [0.1, 0.15) is 12.2 Å². The zero-order valence-electron chi connectivity index (χ0n) is 39.0. The van der Waals surface area contributed by atoms with E-state index < -0.39 is 5.41 Å². The van der Waals surface area contributed by atoms with Gasteiger partial charge in [0.15, 0.2) is 13.6 Å². The molecule has 23 unspecified atom stereocenters. The van der Waals surface area contributed by atoms with Gasteiger partial charge in [-0.1, -0.05) is 50.5 Å².